The zero-order chi connectivity index (χ0) is 17.4. The van der Waals surface area contributed by atoms with Crippen molar-refractivity contribution in [1.82, 2.24) is 4.90 Å². The largest absolute Gasteiger partial charge is 0.457 e. The molecule has 1 fully saturated rings. The van der Waals surface area contributed by atoms with Gasteiger partial charge in [0.2, 0.25) is 0 Å². The number of likely N-dealkylation sites (tertiary alicyclic amines) is 1. The van der Waals surface area contributed by atoms with Crippen molar-refractivity contribution >= 4 is 16.7 Å². The highest BCUT2D eigenvalue weighted by atomic mass is 16.5. The number of esters is 1. The number of hydrogen-bond acceptors (Lipinski definition) is 4. The van der Waals surface area contributed by atoms with Crippen molar-refractivity contribution in [2.75, 3.05) is 19.7 Å². The summed E-state index contributed by atoms with van der Waals surface area (Å²) in [5, 5.41) is 12.1. The highest BCUT2D eigenvalue weighted by Crippen LogP contribution is 2.35. The third-order valence-electron chi connectivity index (χ3n) is 6.02. The van der Waals surface area contributed by atoms with Crippen LogP contribution < -0.4 is 0 Å². The fourth-order valence-electron chi connectivity index (χ4n) is 4.40. The lowest BCUT2D eigenvalue weighted by atomic mass is 9.78. The molecule has 132 valence electrons. The Labute approximate surface area is 148 Å². The first-order valence-electron chi connectivity index (χ1n) is 9.19. The molecule has 2 aromatic carbocycles. The molecular formula is C21H25NO3. The first-order chi connectivity index (χ1) is 12.2. The minimum Gasteiger partial charge on any atom is -0.457 e. The number of hydrogen-bond donors (Lipinski definition) is 1. The zero-order valence-electron chi connectivity index (χ0n) is 14.8. The van der Waals surface area contributed by atoms with Crippen LogP contribution in [0.1, 0.15) is 47.7 Å². The molecule has 0 bridgehead atoms. The maximum Gasteiger partial charge on any atom is 0.339 e. The van der Waals surface area contributed by atoms with Crippen LogP contribution in [0, 0.1) is 5.41 Å². The Morgan fingerprint density at radius 3 is 2.96 bits per heavy atom. The average molecular weight is 339 g/mol. The van der Waals surface area contributed by atoms with E-state index in [1.807, 2.05) is 12.1 Å². The lowest BCUT2D eigenvalue weighted by Crippen LogP contribution is -2.44. The van der Waals surface area contributed by atoms with E-state index in [1.165, 1.54) is 5.56 Å². The summed E-state index contributed by atoms with van der Waals surface area (Å²) >= 11 is 0. The van der Waals surface area contributed by atoms with Gasteiger partial charge in [-0.15, -0.1) is 0 Å². The molecule has 0 radical (unpaired) electrons. The molecule has 25 heavy (non-hydrogen) atoms. The Morgan fingerprint density at radius 2 is 2.16 bits per heavy atom. The number of cyclic esters (lactones) is 1. The van der Waals surface area contributed by atoms with Crippen LogP contribution in [0.4, 0.5) is 0 Å². The Balaban J connectivity index is 1.68. The van der Waals surface area contributed by atoms with Crippen LogP contribution >= 0.6 is 0 Å². The minimum atomic E-state index is -0.224. The molecule has 4 nitrogen and oxygen atoms in total. The van der Waals surface area contributed by atoms with Gasteiger partial charge in [0.25, 0.3) is 0 Å². The molecule has 2 aliphatic rings. The summed E-state index contributed by atoms with van der Waals surface area (Å²) in [7, 11) is 0. The van der Waals surface area contributed by atoms with E-state index in [2.05, 4.69) is 30.0 Å². The van der Waals surface area contributed by atoms with Gasteiger partial charge in [-0.1, -0.05) is 31.2 Å². The lowest BCUT2D eigenvalue weighted by Gasteiger charge is -2.41. The van der Waals surface area contributed by atoms with Gasteiger partial charge in [-0.25, -0.2) is 4.79 Å². The topological polar surface area (TPSA) is 49.8 Å². The van der Waals surface area contributed by atoms with Gasteiger partial charge in [-0.2, -0.15) is 0 Å². The number of piperidine rings is 1. The Bertz CT molecular complexity index is 810. The SMILES string of the molecule is CCC1(CO)CCCN(Cc2ccc3c4c(cccc24)C(=O)OC3)C1. The molecule has 4 rings (SSSR count). The molecule has 0 spiro atoms. The van der Waals surface area contributed by atoms with Crippen molar-refractivity contribution in [3.8, 4) is 0 Å². The molecule has 2 aliphatic heterocycles. The van der Waals surface area contributed by atoms with E-state index < -0.39 is 0 Å². The maximum atomic E-state index is 12.1. The molecular weight excluding hydrogens is 314 g/mol. The Kier molecular flexibility index (Phi) is 4.26. The maximum absolute atomic E-state index is 12.1. The number of aliphatic hydroxyl groups excluding tert-OH is 1. The van der Waals surface area contributed by atoms with Gasteiger partial charge in [0.05, 0.1) is 5.56 Å². The lowest BCUT2D eigenvalue weighted by molar-refractivity contribution is 0.0259. The second-order valence-corrected chi connectivity index (χ2v) is 7.51. The van der Waals surface area contributed by atoms with Crippen LogP contribution in [0.3, 0.4) is 0 Å². The summed E-state index contributed by atoms with van der Waals surface area (Å²) in [6, 6.07) is 10.2. The number of carbonyl (C=O) groups is 1. The van der Waals surface area contributed by atoms with Gasteiger partial charge < -0.3 is 9.84 Å². The molecule has 1 saturated heterocycles. The smallest absolute Gasteiger partial charge is 0.339 e. The number of carbonyl (C=O) groups excluding carboxylic acids is 1. The van der Waals surface area contributed by atoms with E-state index in [0.29, 0.717) is 12.2 Å². The first-order valence-corrected chi connectivity index (χ1v) is 9.19. The molecule has 0 aliphatic carbocycles. The number of rotatable bonds is 4. The molecule has 0 saturated carbocycles. The third-order valence-corrected chi connectivity index (χ3v) is 6.02. The van der Waals surface area contributed by atoms with Crippen LogP contribution in [-0.4, -0.2) is 35.7 Å². The Hall–Kier alpha value is -1.91. The van der Waals surface area contributed by atoms with Crippen LogP contribution in [0.25, 0.3) is 10.8 Å². The van der Waals surface area contributed by atoms with Crippen molar-refractivity contribution in [2.45, 2.75) is 39.3 Å². The van der Waals surface area contributed by atoms with E-state index in [0.717, 1.165) is 55.2 Å². The first kappa shape index (κ1) is 16.6. The van der Waals surface area contributed by atoms with Crippen molar-refractivity contribution in [2.24, 2.45) is 5.41 Å². The average Bonchev–Trinajstić information content (AvgIpc) is 2.66. The summed E-state index contributed by atoms with van der Waals surface area (Å²) in [6.07, 6.45) is 3.24. The summed E-state index contributed by atoms with van der Waals surface area (Å²) in [4.78, 5) is 14.5. The fraction of sp³-hybridized carbons (Fsp3) is 0.476. The van der Waals surface area contributed by atoms with E-state index in [4.69, 9.17) is 4.74 Å². The van der Waals surface area contributed by atoms with Crippen LogP contribution in [0.2, 0.25) is 0 Å². The van der Waals surface area contributed by atoms with Crippen LogP contribution in [0.5, 0.6) is 0 Å². The van der Waals surface area contributed by atoms with Crippen molar-refractivity contribution in [3.63, 3.8) is 0 Å². The van der Waals surface area contributed by atoms with Gasteiger partial charge >= 0.3 is 5.97 Å². The molecule has 4 heteroatoms. The molecule has 1 atom stereocenters. The van der Waals surface area contributed by atoms with Gasteiger partial charge in [-0.3, -0.25) is 4.90 Å². The predicted molar refractivity (Wildman–Crippen MR) is 97.4 cm³/mol. The quantitative estimate of drug-likeness (QED) is 0.866. The number of aliphatic hydroxyl groups is 1. The monoisotopic (exact) mass is 339 g/mol. The summed E-state index contributed by atoms with van der Waals surface area (Å²) in [5.74, 6) is -0.224. The summed E-state index contributed by atoms with van der Waals surface area (Å²) in [5.41, 5.74) is 3.05. The minimum absolute atomic E-state index is 0.0361. The highest BCUT2D eigenvalue weighted by Gasteiger charge is 2.33. The van der Waals surface area contributed by atoms with Crippen molar-refractivity contribution in [3.05, 3.63) is 47.0 Å². The molecule has 2 heterocycles. The number of ether oxygens (including phenoxy) is 1. The predicted octanol–water partition coefficient (Wildman–Crippen LogP) is 3.49. The second kappa shape index (κ2) is 6.43. The zero-order valence-corrected chi connectivity index (χ0v) is 14.8. The molecule has 0 amide bonds. The summed E-state index contributed by atoms with van der Waals surface area (Å²) in [6.45, 7) is 5.65. The van der Waals surface area contributed by atoms with Gasteiger partial charge in [0.15, 0.2) is 0 Å². The normalized spacial score (nSPS) is 23.7. The van der Waals surface area contributed by atoms with Gasteiger partial charge in [0, 0.05) is 30.5 Å². The van der Waals surface area contributed by atoms with Gasteiger partial charge in [0.1, 0.15) is 6.61 Å². The van der Waals surface area contributed by atoms with Gasteiger partial charge in [-0.05, 0) is 48.4 Å². The third kappa shape index (κ3) is 2.83. The van der Waals surface area contributed by atoms with Crippen molar-refractivity contribution < 1.29 is 14.6 Å². The molecule has 2 aromatic rings. The number of nitrogens with zero attached hydrogens (tertiary/aromatic N) is 1. The van der Waals surface area contributed by atoms with Crippen LogP contribution in [-0.2, 0) is 17.9 Å². The van der Waals surface area contributed by atoms with E-state index in [1.54, 1.807) is 0 Å². The van der Waals surface area contributed by atoms with E-state index in [9.17, 15) is 9.90 Å². The highest BCUT2D eigenvalue weighted by molar-refractivity contribution is 6.08. The summed E-state index contributed by atoms with van der Waals surface area (Å²) < 4.78 is 5.26. The molecule has 1 N–H and O–H groups in total. The second-order valence-electron chi connectivity index (χ2n) is 7.51. The molecule has 1 unspecified atom stereocenters. The Morgan fingerprint density at radius 1 is 1.28 bits per heavy atom. The fourth-order valence-corrected chi connectivity index (χ4v) is 4.40. The number of benzene rings is 2. The van der Waals surface area contributed by atoms with Crippen LogP contribution in [0.15, 0.2) is 30.3 Å². The van der Waals surface area contributed by atoms with E-state index >= 15 is 0 Å². The van der Waals surface area contributed by atoms with E-state index in [-0.39, 0.29) is 18.0 Å². The molecule has 0 aromatic heterocycles. The standard InChI is InChI=1S/C21H25NO3/c1-2-21(14-23)9-4-10-22(13-21)11-15-7-8-16-12-25-20(24)18-6-3-5-17(15)19(16)18/h3,5-8,23H,2,4,9-14H2,1H3. The van der Waals surface area contributed by atoms with Crippen molar-refractivity contribution in [1.29, 1.82) is 0 Å².